The van der Waals surface area contributed by atoms with Crippen molar-refractivity contribution in [2.45, 2.75) is 31.0 Å². The fourth-order valence-electron chi connectivity index (χ4n) is 1.84. The number of thiazole rings is 1. The van der Waals surface area contributed by atoms with Crippen molar-refractivity contribution in [3.8, 4) is 0 Å². The monoisotopic (exact) mass is 345 g/mol. The van der Waals surface area contributed by atoms with Crippen molar-refractivity contribution in [1.82, 2.24) is 15.0 Å². The van der Waals surface area contributed by atoms with Crippen molar-refractivity contribution < 1.29 is 8.42 Å². The summed E-state index contributed by atoms with van der Waals surface area (Å²) in [5.74, 6) is 0. The van der Waals surface area contributed by atoms with Crippen molar-refractivity contribution in [3.05, 3.63) is 32.6 Å². The summed E-state index contributed by atoms with van der Waals surface area (Å²) in [5.41, 5.74) is 1.98. The average Bonchev–Trinajstić information content (AvgIpc) is 2.98. The Labute approximate surface area is 133 Å². The van der Waals surface area contributed by atoms with Crippen LogP contribution in [0.2, 0.25) is 0 Å². The van der Waals surface area contributed by atoms with Crippen LogP contribution in [0, 0.1) is 13.8 Å². The van der Waals surface area contributed by atoms with Crippen molar-refractivity contribution >= 4 is 32.7 Å². The van der Waals surface area contributed by atoms with E-state index in [9.17, 15) is 8.42 Å². The molecule has 2 heterocycles. The minimum Gasteiger partial charge on any atom is -0.315 e. The summed E-state index contributed by atoms with van der Waals surface area (Å²) >= 11 is 2.87. The molecule has 0 aliphatic heterocycles. The summed E-state index contributed by atoms with van der Waals surface area (Å²) in [6.45, 7) is 4.92. The summed E-state index contributed by atoms with van der Waals surface area (Å²) in [5, 5.41) is 5.97. The predicted octanol–water partition coefficient (Wildman–Crippen LogP) is 2.06. The second-order valence-corrected chi connectivity index (χ2v) is 8.81. The summed E-state index contributed by atoms with van der Waals surface area (Å²) < 4.78 is 27.5. The molecule has 0 saturated carbocycles. The predicted molar refractivity (Wildman–Crippen MR) is 87.6 cm³/mol. The van der Waals surface area contributed by atoms with Gasteiger partial charge in [-0.1, -0.05) is 0 Å². The molecule has 0 amide bonds. The zero-order valence-electron chi connectivity index (χ0n) is 12.3. The largest absolute Gasteiger partial charge is 0.315 e. The van der Waals surface area contributed by atoms with Crippen molar-refractivity contribution in [2.75, 3.05) is 13.6 Å². The van der Waals surface area contributed by atoms with Gasteiger partial charge in [0.15, 0.2) is 0 Å². The van der Waals surface area contributed by atoms with Crippen LogP contribution in [-0.4, -0.2) is 27.0 Å². The van der Waals surface area contributed by atoms with E-state index in [0.717, 1.165) is 21.1 Å². The van der Waals surface area contributed by atoms with Crippen LogP contribution in [0.15, 0.2) is 15.7 Å². The molecule has 0 fully saturated rings. The van der Waals surface area contributed by atoms with Crippen LogP contribution < -0.4 is 10.0 Å². The van der Waals surface area contributed by atoms with Crippen LogP contribution in [0.5, 0.6) is 0 Å². The lowest BCUT2D eigenvalue weighted by Gasteiger charge is -2.03. The molecule has 0 aliphatic rings. The van der Waals surface area contributed by atoms with Gasteiger partial charge in [-0.15, -0.1) is 22.7 Å². The Bertz CT molecular complexity index is 704. The third kappa shape index (κ3) is 4.33. The van der Waals surface area contributed by atoms with Crippen molar-refractivity contribution in [2.24, 2.45) is 0 Å². The van der Waals surface area contributed by atoms with Gasteiger partial charge in [-0.3, -0.25) is 0 Å². The number of nitrogens with one attached hydrogen (secondary N) is 2. The molecule has 0 spiro atoms. The van der Waals surface area contributed by atoms with Gasteiger partial charge in [-0.2, -0.15) is 0 Å². The van der Waals surface area contributed by atoms with Gasteiger partial charge >= 0.3 is 0 Å². The van der Waals surface area contributed by atoms with Gasteiger partial charge in [-0.25, -0.2) is 18.1 Å². The number of aromatic nitrogens is 1. The molecule has 0 aliphatic carbocycles. The molecule has 0 atom stereocenters. The molecule has 8 heteroatoms. The van der Waals surface area contributed by atoms with Gasteiger partial charge in [0.05, 0.1) is 5.01 Å². The molecule has 0 saturated heterocycles. The summed E-state index contributed by atoms with van der Waals surface area (Å²) in [7, 11) is -1.58. The fraction of sp³-hybridized carbons (Fsp3) is 0.462. The van der Waals surface area contributed by atoms with Crippen LogP contribution in [0.3, 0.4) is 0 Å². The molecule has 0 unspecified atom stereocenters. The van der Waals surface area contributed by atoms with E-state index in [1.807, 2.05) is 26.3 Å². The van der Waals surface area contributed by atoms with E-state index in [0.29, 0.717) is 23.7 Å². The number of hydrogen-bond acceptors (Lipinski definition) is 6. The second-order valence-electron chi connectivity index (χ2n) is 4.73. The van der Waals surface area contributed by atoms with Gasteiger partial charge in [-0.05, 0) is 32.5 Å². The average molecular weight is 346 g/mol. The van der Waals surface area contributed by atoms with E-state index in [-0.39, 0.29) is 0 Å². The fourth-order valence-corrected chi connectivity index (χ4v) is 5.29. The minimum absolute atomic E-state index is 0.369. The number of sulfonamides is 1. The van der Waals surface area contributed by atoms with Crippen LogP contribution >= 0.6 is 22.7 Å². The Hall–Kier alpha value is -0.800. The number of thiophene rings is 1. The molecule has 2 N–H and O–H groups in total. The molecule has 2 aromatic heterocycles. The highest BCUT2D eigenvalue weighted by Gasteiger charge is 2.18. The summed E-state index contributed by atoms with van der Waals surface area (Å²) in [6, 6.07) is 1.73. The van der Waals surface area contributed by atoms with E-state index >= 15 is 0 Å². The van der Waals surface area contributed by atoms with Gasteiger partial charge in [0.2, 0.25) is 10.0 Å². The van der Waals surface area contributed by atoms with Crippen LogP contribution in [0.25, 0.3) is 0 Å². The van der Waals surface area contributed by atoms with E-state index in [2.05, 4.69) is 15.0 Å². The van der Waals surface area contributed by atoms with Gasteiger partial charge < -0.3 is 5.32 Å². The third-order valence-corrected chi connectivity index (χ3v) is 7.10. The maximum Gasteiger partial charge on any atom is 0.250 e. The lowest BCUT2D eigenvalue weighted by Crippen LogP contribution is -2.25. The highest BCUT2D eigenvalue weighted by Crippen LogP contribution is 2.25. The number of nitrogens with zero attached hydrogens (tertiary/aromatic N) is 1. The Morgan fingerprint density at radius 1 is 1.33 bits per heavy atom. The van der Waals surface area contributed by atoms with Crippen LogP contribution in [-0.2, 0) is 23.0 Å². The normalized spacial score (nSPS) is 12.0. The molecule has 0 radical (unpaired) electrons. The maximum atomic E-state index is 12.3. The maximum absolute atomic E-state index is 12.3. The zero-order valence-corrected chi connectivity index (χ0v) is 14.7. The third-order valence-electron chi connectivity index (χ3n) is 2.90. The quantitative estimate of drug-likeness (QED) is 0.806. The molecule has 116 valence electrons. The van der Waals surface area contributed by atoms with E-state index in [1.54, 1.807) is 17.4 Å². The molecular weight excluding hydrogens is 326 g/mol. The van der Waals surface area contributed by atoms with Crippen molar-refractivity contribution in [3.63, 3.8) is 0 Å². The van der Waals surface area contributed by atoms with Gasteiger partial charge in [0, 0.05) is 35.5 Å². The molecule has 0 bridgehead atoms. The summed E-state index contributed by atoms with van der Waals surface area (Å²) in [4.78, 5) is 5.37. The van der Waals surface area contributed by atoms with Crippen LogP contribution in [0.4, 0.5) is 0 Å². The topological polar surface area (TPSA) is 71.1 Å². The zero-order chi connectivity index (χ0) is 15.5. The summed E-state index contributed by atoms with van der Waals surface area (Å²) in [6.07, 6.45) is 0.617. The van der Waals surface area contributed by atoms with Gasteiger partial charge in [0.25, 0.3) is 0 Å². The van der Waals surface area contributed by atoms with E-state index in [4.69, 9.17) is 0 Å². The standard InChI is InChI=1S/C13H19N3O2S3/c1-9-6-13(20-11(9)7-14-3)21(17,18)15-5-4-12-16-10(2)8-19-12/h6,8,14-15H,4-5,7H2,1-3H3. The first-order valence-electron chi connectivity index (χ1n) is 6.57. The Balaban J connectivity index is 1.99. The first kappa shape index (κ1) is 16.6. The van der Waals surface area contributed by atoms with E-state index < -0.39 is 10.0 Å². The highest BCUT2D eigenvalue weighted by atomic mass is 32.2. The Kier molecular flexibility index (Phi) is 5.50. The highest BCUT2D eigenvalue weighted by molar-refractivity contribution is 7.91. The second kappa shape index (κ2) is 6.97. The SMILES string of the molecule is CNCc1sc(S(=O)(=O)NCCc2nc(C)cs2)cc1C. The Morgan fingerprint density at radius 2 is 2.10 bits per heavy atom. The van der Waals surface area contributed by atoms with Crippen molar-refractivity contribution in [1.29, 1.82) is 0 Å². The number of hydrogen-bond donors (Lipinski definition) is 2. The first-order valence-corrected chi connectivity index (χ1v) is 9.75. The molecule has 2 rings (SSSR count). The number of aryl methyl sites for hydroxylation is 2. The molecule has 2 aromatic rings. The first-order chi connectivity index (χ1) is 9.92. The van der Waals surface area contributed by atoms with Crippen LogP contribution in [0.1, 0.15) is 21.1 Å². The lowest BCUT2D eigenvalue weighted by atomic mass is 10.3. The lowest BCUT2D eigenvalue weighted by molar-refractivity contribution is 0.583. The number of rotatable bonds is 7. The molecular formula is C13H19N3O2S3. The van der Waals surface area contributed by atoms with E-state index in [1.165, 1.54) is 11.3 Å². The smallest absolute Gasteiger partial charge is 0.250 e. The van der Waals surface area contributed by atoms with Gasteiger partial charge in [0.1, 0.15) is 4.21 Å². The molecule has 0 aromatic carbocycles. The molecule has 21 heavy (non-hydrogen) atoms. The molecule has 5 nitrogen and oxygen atoms in total. The minimum atomic E-state index is -3.43. The Morgan fingerprint density at radius 3 is 2.71 bits per heavy atom.